The summed E-state index contributed by atoms with van der Waals surface area (Å²) in [5, 5.41) is 3.28. The van der Waals surface area contributed by atoms with Crippen LogP contribution in [0.2, 0.25) is 0 Å². The first-order valence-electron chi connectivity index (χ1n) is 6.27. The van der Waals surface area contributed by atoms with Crippen LogP contribution >= 0.6 is 0 Å². The normalized spacial score (nSPS) is 20.7. The van der Waals surface area contributed by atoms with Crippen molar-refractivity contribution >= 4 is 12.1 Å². The highest BCUT2D eigenvalue weighted by molar-refractivity contribution is 5.80. The first-order valence-corrected chi connectivity index (χ1v) is 6.27. The van der Waals surface area contributed by atoms with E-state index in [0.29, 0.717) is 11.6 Å². The van der Waals surface area contributed by atoms with Crippen LogP contribution in [-0.2, 0) is 11.3 Å². The minimum atomic E-state index is 0.441. The standard InChI is InChI=1S/C12H17N3O2/c16-8-10-12-13-4-1-5-15(12)11(14-10)9-2-6-17-7-3-9/h8-9,13H,1-7H2. The third-order valence-electron chi connectivity index (χ3n) is 3.57. The molecule has 0 aromatic carbocycles. The van der Waals surface area contributed by atoms with Gasteiger partial charge in [0, 0.05) is 32.2 Å². The number of rotatable bonds is 2. The largest absolute Gasteiger partial charge is 0.381 e. The average molecular weight is 235 g/mol. The van der Waals surface area contributed by atoms with Gasteiger partial charge in [0.15, 0.2) is 6.29 Å². The Morgan fingerprint density at radius 3 is 3.00 bits per heavy atom. The van der Waals surface area contributed by atoms with Gasteiger partial charge in [-0.25, -0.2) is 4.98 Å². The van der Waals surface area contributed by atoms with E-state index in [2.05, 4.69) is 14.9 Å². The first kappa shape index (κ1) is 10.8. The predicted molar refractivity (Wildman–Crippen MR) is 63.5 cm³/mol. The molecule has 17 heavy (non-hydrogen) atoms. The number of nitrogens with one attached hydrogen (secondary N) is 1. The van der Waals surface area contributed by atoms with Gasteiger partial charge in [-0.05, 0) is 19.3 Å². The fourth-order valence-electron chi connectivity index (χ4n) is 2.70. The molecule has 1 fully saturated rings. The third-order valence-corrected chi connectivity index (χ3v) is 3.57. The molecule has 5 heteroatoms. The Hall–Kier alpha value is -1.36. The molecular weight excluding hydrogens is 218 g/mol. The molecule has 0 amide bonds. The minimum absolute atomic E-state index is 0.441. The number of imidazole rings is 1. The highest BCUT2D eigenvalue weighted by Crippen LogP contribution is 2.31. The molecule has 3 heterocycles. The summed E-state index contributed by atoms with van der Waals surface area (Å²) in [5.41, 5.74) is 0.561. The van der Waals surface area contributed by atoms with Crippen molar-refractivity contribution in [3.8, 4) is 0 Å². The van der Waals surface area contributed by atoms with Crippen LogP contribution in [-0.4, -0.2) is 35.6 Å². The molecule has 1 saturated heterocycles. The van der Waals surface area contributed by atoms with Crippen LogP contribution in [0.3, 0.4) is 0 Å². The van der Waals surface area contributed by atoms with Crippen molar-refractivity contribution in [1.29, 1.82) is 0 Å². The molecule has 92 valence electrons. The average Bonchev–Trinajstić information content (AvgIpc) is 2.78. The van der Waals surface area contributed by atoms with Gasteiger partial charge >= 0.3 is 0 Å². The Kier molecular flexibility index (Phi) is 2.84. The van der Waals surface area contributed by atoms with Crippen LogP contribution in [0, 0.1) is 0 Å². The van der Waals surface area contributed by atoms with Crippen LogP contribution in [0.5, 0.6) is 0 Å². The number of anilines is 1. The number of aldehydes is 1. The topological polar surface area (TPSA) is 56.1 Å². The molecule has 1 N–H and O–H groups in total. The number of nitrogens with zero attached hydrogens (tertiary/aromatic N) is 2. The molecule has 0 saturated carbocycles. The van der Waals surface area contributed by atoms with Crippen molar-refractivity contribution in [2.45, 2.75) is 31.7 Å². The Morgan fingerprint density at radius 2 is 2.24 bits per heavy atom. The maximum Gasteiger partial charge on any atom is 0.172 e. The number of ether oxygens (including phenoxy) is 1. The number of carbonyl (C=O) groups excluding carboxylic acids is 1. The summed E-state index contributed by atoms with van der Waals surface area (Å²) in [7, 11) is 0. The SMILES string of the molecule is O=Cc1nc(C2CCOCC2)n2c1NCCC2. The lowest BCUT2D eigenvalue weighted by molar-refractivity contribution is 0.0828. The van der Waals surface area contributed by atoms with E-state index in [-0.39, 0.29) is 0 Å². The molecule has 5 nitrogen and oxygen atoms in total. The van der Waals surface area contributed by atoms with Gasteiger partial charge in [0.1, 0.15) is 17.3 Å². The molecule has 2 aliphatic heterocycles. The number of hydrogen-bond donors (Lipinski definition) is 1. The van der Waals surface area contributed by atoms with Crippen LogP contribution in [0.25, 0.3) is 0 Å². The molecule has 2 aliphatic rings. The monoisotopic (exact) mass is 235 g/mol. The van der Waals surface area contributed by atoms with Gasteiger partial charge in [-0.15, -0.1) is 0 Å². The molecule has 1 aromatic heterocycles. The summed E-state index contributed by atoms with van der Waals surface area (Å²) in [5.74, 6) is 2.42. The maximum atomic E-state index is 11.0. The molecule has 0 atom stereocenters. The molecule has 0 radical (unpaired) electrons. The van der Waals surface area contributed by atoms with Crippen molar-refractivity contribution in [3.05, 3.63) is 11.5 Å². The predicted octanol–water partition coefficient (Wildman–Crippen LogP) is 1.41. The van der Waals surface area contributed by atoms with Crippen LogP contribution in [0.15, 0.2) is 0 Å². The first-order chi connectivity index (χ1) is 8.40. The quantitative estimate of drug-likeness (QED) is 0.787. The number of fused-ring (bicyclic) bond motifs is 1. The third kappa shape index (κ3) is 1.84. The number of aromatic nitrogens is 2. The van der Waals surface area contributed by atoms with Crippen molar-refractivity contribution in [1.82, 2.24) is 9.55 Å². The Bertz CT molecular complexity index is 422. The van der Waals surface area contributed by atoms with Gasteiger partial charge in [-0.2, -0.15) is 0 Å². The second-order valence-corrected chi connectivity index (χ2v) is 4.64. The van der Waals surface area contributed by atoms with Gasteiger partial charge in [-0.1, -0.05) is 0 Å². The fraction of sp³-hybridized carbons (Fsp3) is 0.667. The molecule has 3 rings (SSSR count). The van der Waals surface area contributed by atoms with E-state index >= 15 is 0 Å². The number of carbonyl (C=O) groups is 1. The summed E-state index contributed by atoms with van der Waals surface area (Å²) < 4.78 is 7.56. The minimum Gasteiger partial charge on any atom is -0.381 e. The summed E-state index contributed by atoms with van der Waals surface area (Å²) in [4.78, 5) is 15.5. The van der Waals surface area contributed by atoms with Gasteiger partial charge in [0.05, 0.1) is 0 Å². The van der Waals surface area contributed by atoms with Crippen molar-refractivity contribution < 1.29 is 9.53 Å². The summed E-state index contributed by atoms with van der Waals surface area (Å²) in [6.45, 7) is 3.50. The smallest absolute Gasteiger partial charge is 0.172 e. The van der Waals surface area contributed by atoms with Crippen LogP contribution in [0.1, 0.15) is 41.5 Å². The highest BCUT2D eigenvalue weighted by Gasteiger charge is 2.26. The maximum absolute atomic E-state index is 11.0. The van der Waals surface area contributed by atoms with Crippen LogP contribution in [0.4, 0.5) is 5.82 Å². The summed E-state index contributed by atoms with van der Waals surface area (Å²) in [6.07, 6.45) is 3.97. The summed E-state index contributed by atoms with van der Waals surface area (Å²) >= 11 is 0. The fourth-order valence-corrected chi connectivity index (χ4v) is 2.70. The van der Waals surface area contributed by atoms with Crippen molar-refractivity contribution in [3.63, 3.8) is 0 Å². The molecular formula is C12H17N3O2. The van der Waals surface area contributed by atoms with E-state index in [9.17, 15) is 4.79 Å². The Balaban J connectivity index is 1.97. The van der Waals surface area contributed by atoms with E-state index < -0.39 is 0 Å². The van der Waals surface area contributed by atoms with Crippen molar-refractivity contribution in [2.75, 3.05) is 25.1 Å². The van der Waals surface area contributed by atoms with Gasteiger partial charge in [-0.3, -0.25) is 4.79 Å². The van der Waals surface area contributed by atoms with E-state index in [1.165, 1.54) is 0 Å². The lowest BCUT2D eigenvalue weighted by Crippen LogP contribution is -2.22. The zero-order valence-corrected chi connectivity index (χ0v) is 9.82. The number of hydrogen-bond acceptors (Lipinski definition) is 4. The van der Waals surface area contributed by atoms with Gasteiger partial charge < -0.3 is 14.6 Å². The lowest BCUT2D eigenvalue weighted by atomic mass is 9.99. The second-order valence-electron chi connectivity index (χ2n) is 4.64. The van der Waals surface area contributed by atoms with Crippen molar-refractivity contribution in [2.24, 2.45) is 0 Å². The molecule has 0 bridgehead atoms. The molecule has 0 spiro atoms. The van der Waals surface area contributed by atoms with E-state index in [1.807, 2.05) is 0 Å². The Labute approximate surface area is 100 Å². The Morgan fingerprint density at radius 1 is 1.41 bits per heavy atom. The van der Waals surface area contributed by atoms with E-state index in [1.54, 1.807) is 0 Å². The zero-order valence-electron chi connectivity index (χ0n) is 9.82. The van der Waals surface area contributed by atoms with E-state index in [0.717, 1.165) is 63.5 Å². The molecule has 1 aromatic rings. The van der Waals surface area contributed by atoms with Crippen LogP contribution < -0.4 is 5.32 Å². The van der Waals surface area contributed by atoms with Gasteiger partial charge in [0.25, 0.3) is 0 Å². The van der Waals surface area contributed by atoms with Gasteiger partial charge in [0.2, 0.25) is 0 Å². The zero-order chi connectivity index (χ0) is 11.7. The molecule has 0 unspecified atom stereocenters. The lowest BCUT2D eigenvalue weighted by Gasteiger charge is -2.25. The van der Waals surface area contributed by atoms with E-state index in [4.69, 9.17) is 4.74 Å². The second kappa shape index (κ2) is 4.49. The molecule has 0 aliphatic carbocycles. The highest BCUT2D eigenvalue weighted by atomic mass is 16.5. The summed E-state index contributed by atoms with van der Waals surface area (Å²) in [6, 6.07) is 0.